The molecule has 0 saturated heterocycles. The molecule has 13 heavy (non-hydrogen) atoms. The number of carbonyl (C=O) groups is 1. The van der Waals surface area contributed by atoms with Crippen LogP contribution in [0.15, 0.2) is 11.8 Å². The van der Waals surface area contributed by atoms with E-state index >= 15 is 0 Å². The molecule has 0 radical (unpaired) electrons. The molecule has 1 amide bonds. The maximum atomic E-state index is 11.1. The van der Waals surface area contributed by atoms with Crippen LogP contribution in [0.1, 0.15) is 20.3 Å². The van der Waals surface area contributed by atoms with Crippen LogP contribution in [0.3, 0.4) is 0 Å². The number of halogens is 1. The van der Waals surface area contributed by atoms with Gasteiger partial charge >= 0.3 is 5.37 Å². The predicted molar refractivity (Wildman–Crippen MR) is 51.7 cm³/mol. The van der Waals surface area contributed by atoms with E-state index in [1.807, 2.05) is 19.9 Å². The molecule has 0 spiro atoms. The molecule has 0 N–H and O–H groups in total. The van der Waals surface area contributed by atoms with Gasteiger partial charge in [0, 0.05) is 18.2 Å². The van der Waals surface area contributed by atoms with E-state index in [2.05, 4.69) is 0 Å². The summed E-state index contributed by atoms with van der Waals surface area (Å²) in [5.41, 5.74) is 0.973. The molecular formula is C9H14ClNO2. The molecule has 1 heterocycles. The molecule has 74 valence electrons. The van der Waals surface area contributed by atoms with Gasteiger partial charge in [-0.15, -0.1) is 0 Å². The summed E-state index contributed by atoms with van der Waals surface area (Å²) in [5.74, 6) is 0. The van der Waals surface area contributed by atoms with Crippen molar-refractivity contribution >= 4 is 17.0 Å². The SMILES string of the molecule is CC(C)N(C(=O)Cl)C1=CCOCC1. The van der Waals surface area contributed by atoms with Gasteiger partial charge in [0.1, 0.15) is 0 Å². The lowest BCUT2D eigenvalue weighted by molar-refractivity contribution is 0.140. The van der Waals surface area contributed by atoms with Crippen molar-refractivity contribution in [3.63, 3.8) is 0 Å². The van der Waals surface area contributed by atoms with E-state index in [1.54, 1.807) is 4.90 Å². The van der Waals surface area contributed by atoms with Crippen molar-refractivity contribution in [2.24, 2.45) is 0 Å². The molecule has 0 aromatic rings. The zero-order chi connectivity index (χ0) is 9.84. The summed E-state index contributed by atoms with van der Waals surface area (Å²) in [4.78, 5) is 12.7. The highest BCUT2D eigenvalue weighted by Gasteiger charge is 2.20. The maximum absolute atomic E-state index is 11.1. The first-order chi connectivity index (χ1) is 6.13. The average Bonchev–Trinajstić information content (AvgIpc) is 2.04. The van der Waals surface area contributed by atoms with Crippen LogP contribution in [-0.2, 0) is 4.74 Å². The molecule has 0 unspecified atom stereocenters. The third-order valence-electron chi connectivity index (χ3n) is 1.95. The van der Waals surface area contributed by atoms with Gasteiger partial charge in [-0.05, 0) is 31.5 Å². The molecule has 0 saturated carbocycles. The van der Waals surface area contributed by atoms with Gasteiger partial charge in [-0.2, -0.15) is 0 Å². The first-order valence-electron chi connectivity index (χ1n) is 4.38. The Morgan fingerprint density at radius 2 is 2.38 bits per heavy atom. The molecule has 0 atom stereocenters. The summed E-state index contributed by atoms with van der Waals surface area (Å²) in [6, 6.07) is 0.106. The summed E-state index contributed by atoms with van der Waals surface area (Å²) in [6.45, 7) is 5.12. The van der Waals surface area contributed by atoms with Crippen LogP contribution in [0.5, 0.6) is 0 Å². The van der Waals surface area contributed by atoms with Crippen molar-refractivity contribution in [2.45, 2.75) is 26.3 Å². The smallest absolute Gasteiger partial charge is 0.320 e. The second-order valence-electron chi connectivity index (χ2n) is 3.24. The Kier molecular flexibility index (Phi) is 3.75. The molecule has 0 aromatic carbocycles. The Bertz CT molecular complexity index is 226. The van der Waals surface area contributed by atoms with Gasteiger partial charge in [-0.3, -0.25) is 4.79 Å². The highest BCUT2D eigenvalue weighted by molar-refractivity contribution is 6.63. The van der Waals surface area contributed by atoms with Gasteiger partial charge in [0.05, 0.1) is 13.2 Å². The molecule has 0 fully saturated rings. The van der Waals surface area contributed by atoms with Crippen molar-refractivity contribution in [1.82, 2.24) is 4.90 Å². The zero-order valence-corrected chi connectivity index (χ0v) is 8.67. The fraction of sp³-hybridized carbons (Fsp3) is 0.667. The third kappa shape index (κ3) is 2.71. The molecule has 0 bridgehead atoms. The normalized spacial score (nSPS) is 17.1. The largest absolute Gasteiger partial charge is 0.377 e. The zero-order valence-electron chi connectivity index (χ0n) is 7.92. The standard InChI is InChI=1S/C9H14ClNO2/c1-7(2)11(9(10)12)8-3-5-13-6-4-8/h3,7H,4-6H2,1-2H3. The molecule has 0 aromatic heterocycles. The van der Waals surface area contributed by atoms with Gasteiger partial charge in [0.2, 0.25) is 0 Å². The van der Waals surface area contributed by atoms with Gasteiger partial charge in [0.15, 0.2) is 0 Å². The minimum Gasteiger partial charge on any atom is -0.377 e. The highest BCUT2D eigenvalue weighted by Crippen LogP contribution is 2.18. The van der Waals surface area contributed by atoms with Crippen molar-refractivity contribution in [2.75, 3.05) is 13.2 Å². The van der Waals surface area contributed by atoms with Crippen LogP contribution < -0.4 is 0 Å². The Hall–Kier alpha value is -0.540. The summed E-state index contributed by atoms with van der Waals surface area (Å²) >= 11 is 5.48. The lowest BCUT2D eigenvalue weighted by atomic mass is 10.2. The number of amides is 1. The topological polar surface area (TPSA) is 29.5 Å². The van der Waals surface area contributed by atoms with E-state index in [9.17, 15) is 4.79 Å². The molecule has 1 aliphatic rings. The minimum absolute atomic E-state index is 0.106. The molecule has 1 rings (SSSR count). The summed E-state index contributed by atoms with van der Waals surface area (Å²) in [7, 11) is 0. The molecule has 3 nitrogen and oxygen atoms in total. The van der Waals surface area contributed by atoms with Crippen molar-refractivity contribution in [1.29, 1.82) is 0 Å². The van der Waals surface area contributed by atoms with Crippen molar-refractivity contribution < 1.29 is 9.53 Å². The number of carbonyl (C=O) groups excluding carboxylic acids is 1. The summed E-state index contributed by atoms with van der Waals surface area (Å²) < 4.78 is 5.15. The lowest BCUT2D eigenvalue weighted by Crippen LogP contribution is -2.34. The Labute approximate surface area is 83.3 Å². The summed E-state index contributed by atoms with van der Waals surface area (Å²) in [5, 5.41) is -0.414. The Morgan fingerprint density at radius 3 is 2.77 bits per heavy atom. The van der Waals surface area contributed by atoms with Gasteiger partial charge in [0.25, 0.3) is 0 Å². The first-order valence-corrected chi connectivity index (χ1v) is 4.76. The van der Waals surface area contributed by atoms with Crippen LogP contribution in [0.2, 0.25) is 0 Å². The summed E-state index contributed by atoms with van der Waals surface area (Å²) in [6.07, 6.45) is 2.67. The lowest BCUT2D eigenvalue weighted by Gasteiger charge is -2.28. The van der Waals surface area contributed by atoms with E-state index in [1.165, 1.54) is 0 Å². The van der Waals surface area contributed by atoms with Crippen LogP contribution in [0.4, 0.5) is 4.79 Å². The van der Waals surface area contributed by atoms with Crippen LogP contribution in [0, 0.1) is 0 Å². The Balaban J connectivity index is 2.74. The molecule has 1 aliphatic heterocycles. The van der Waals surface area contributed by atoms with E-state index < -0.39 is 5.37 Å². The van der Waals surface area contributed by atoms with Gasteiger partial charge in [-0.1, -0.05) is 0 Å². The molecule has 4 heteroatoms. The van der Waals surface area contributed by atoms with E-state index in [4.69, 9.17) is 16.3 Å². The van der Waals surface area contributed by atoms with Crippen molar-refractivity contribution in [3.05, 3.63) is 11.8 Å². The third-order valence-corrected chi connectivity index (χ3v) is 2.14. The number of nitrogens with zero attached hydrogens (tertiary/aromatic N) is 1. The fourth-order valence-corrected chi connectivity index (χ4v) is 1.69. The van der Waals surface area contributed by atoms with E-state index in [0.29, 0.717) is 13.2 Å². The van der Waals surface area contributed by atoms with E-state index in [0.717, 1.165) is 12.1 Å². The minimum atomic E-state index is -0.414. The number of hydrogen-bond acceptors (Lipinski definition) is 2. The molecule has 0 aliphatic carbocycles. The van der Waals surface area contributed by atoms with Gasteiger partial charge < -0.3 is 9.64 Å². The first kappa shape index (κ1) is 10.5. The van der Waals surface area contributed by atoms with E-state index in [-0.39, 0.29) is 6.04 Å². The number of hydrogen-bond donors (Lipinski definition) is 0. The van der Waals surface area contributed by atoms with Crippen LogP contribution in [0.25, 0.3) is 0 Å². The second-order valence-corrected chi connectivity index (χ2v) is 3.56. The fourth-order valence-electron chi connectivity index (χ4n) is 1.38. The van der Waals surface area contributed by atoms with Crippen molar-refractivity contribution in [3.8, 4) is 0 Å². The number of ether oxygens (including phenoxy) is 1. The molecular weight excluding hydrogens is 190 g/mol. The Morgan fingerprint density at radius 1 is 1.69 bits per heavy atom. The van der Waals surface area contributed by atoms with Crippen LogP contribution in [-0.4, -0.2) is 29.5 Å². The van der Waals surface area contributed by atoms with Crippen LogP contribution >= 0.6 is 11.6 Å². The quantitative estimate of drug-likeness (QED) is 0.510. The van der Waals surface area contributed by atoms with Gasteiger partial charge in [-0.25, -0.2) is 0 Å². The highest BCUT2D eigenvalue weighted by atomic mass is 35.5. The average molecular weight is 204 g/mol. The predicted octanol–water partition coefficient (Wildman–Crippen LogP) is 2.36. The maximum Gasteiger partial charge on any atom is 0.320 e. The monoisotopic (exact) mass is 203 g/mol. The second kappa shape index (κ2) is 4.63. The number of rotatable bonds is 2.